The van der Waals surface area contributed by atoms with E-state index in [-0.39, 0.29) is 11.9 Å². The van der Waals surface area contributed by atoms with Crippen molar-refractivity contribution in [2.24, 2.45) is 13.0 Å². The van der Waals surface area contributed by atoms with Gasteiger partial charge in [0, 0.05) is 13.1 Å². The quantitative estimate of drug-likeness (QED) is 0.896. The van der Waals surface area contributed by atoms with Crippen molar-refractivity contribution in [3.63, 3.8) is 0 Å². The van der Waals surface area contributed by atoms with Gasteiger partial charge in [-0.15, -0.1) is 10.2 Å². The van der Waals surface area contributed by atoms with Crippen LogP contribution in [-0.4, -0.2) is 14.8 Å². The zero-order chi connectivity index (χ0) is 13.2. The Labute approximate surface area is 111 Å². The molecule has 0 bridgehead atoms. The van der Waals surface area contributed by atoms with Gasteiger partial charge in [-0.2, -0.15) is 0 Å². The van der Waals surface area contributed by atoms with E-state index in [9.17, 15) is 4.39 Å². The monoisotopic (exact) mass is 260 g/mol. The fraction of sp³-hybridized carbons (Fsp3) is 0.429. The first-order valence-corrected chi connectivity index (χ1v) is 6.56. The molecule has 1 fully saturated rings. The highest BCUT2D eigenvalue weighted by Crippen LogP contribution is 2.41. The maximum absolute atomic E-state index is 13.0. The summed E-state index contributed by atoms with van der Waals surface area (Å²) < 4.78 is 14.9. The molecule has 0 spiro atoms. The lowest BCUT2D eigenvalue weighted by molar-refractivity contribution is 0.466. The van der Waals surface area contributed by atoms with E-state index in [2.05, 4.69) is 15.5 Å². The van der Waals surface area contributed by atoms with Gasteiger partial charge < -0.3 is 9.88 Å². The molecule has 1 unspecified atom stereocenters. The van der Waals surface area contributed by atoms with Gasteiger partial charge in [0.25, 0.3) is 0 Å². The number of benzene rings is 1. The van der Waals surface area contributed by atoms with Crippen LogP contribution in [-0.2, 0) is 13.6 Å². The molecule has 1 aliphatic carbocycles. The second kappa shape index (κ2) is 5.09. The Morgan fingerprint density at radius 3 is 2.68 bits per heavy atom. The third-order valence-electron chi connectivity index (χ3n) is 3.61. The number of nitrogens with one attached hydrogen (secondary N) is 1. The van der Waals surface area contributed by atoms with Crippen molar-refractivity contribution in [3.8, 4) is 0 Å². The van der Waals surface area contributed by atoms with Crippen LogP contribution < -0.4 is 5.32 Å². The van der Waals surface area contributed by atoms with E-state index in [0.717, 1.165) is 11.4 Å². The van der Waals surface area contributed by atoms with E-state index < -0.39 is 0 Å². The summed E-state index contributed by atoms with van der Waals surface area (Å²) in [6.07, 6.45) is 4.16. The van der Waals surface area contributed by atoms with Gasteiger partial charge in [-0.1, -0.05) is 12.1 Å². The van der Waals surface area contributed by atoms with Crippen LogP contribution in [0.25, 0.3) is 0 Å². The number of aromatic nitrogens is 3. The van der Waals surface area contributed by atoms with Crippen molar-refractivity contribution in [1.82, 2.24) is 20.1 Å². The molecular formula is C14H17FN4. The van der Waals surface area contributed by atoms with Crippen molar-refractivity contribution in [3.05, 3.63) is 47.8 Å². The van der Waals surface area contributed by atoms with Gasteiger partial charge >= 0.3 is 0 Å². The van der Waals surface area contributed by atoms with Gasteiger partial charge in [0.05, 0.1) is 6.54 Å². The summed E-state index contributed by atoms with van der Waals surface area (Å²) in [6.45, 7) is 0.676. The highest BCUT2D eigenvalue weighted by atomic mass is 19.1. The lowest BCUT2D eigenvalue weighted by Gasteiger charge is -2.18. The summed E-state index contributed by atoms with van der Waals surface area (Å²) in [5.41, 5.74) is 1.14. The molecule has 3 rings (SSSR count). The minimum Gasteiger partial charge on any atom is -0.320 e. The number of halogens is 1. The van der Waals surface area contributed by atoms with Crippen molar-refractivity contribution in [1.29, 1.82) is 0 Å². The molecule has 0 radical (unpaired) electrons. The Kier molecular flexibility index (Phi) is 3.29. The van der Waals surface area contributed by atoms with Crippen molar-refractivity contribution < 1.29 is 4.39 Å². The number of hydrogen-bond acceptors (Lipinski definition) is 3. The van der Waals surface area contributed by atoms with Crippen LogP contribution in [0.1, 0.15) is 30.3 Å². The van der Waals surface area contributed by atoms with Gasteiger partial charge in [0.15, 0.2) is 0 Å². The van der Waals surface area contributed by atoms with Gasteiger partial charge in [0.2, 0.25) is 0 Å². The van der Waals surface area contributed by atoms with Crippen LogP contribution in [0, 0.1) is 11.7 Å². The molecule has 19 heavy (non-hydrogen) atoms. The molecule has 0 aliphatic heterocycles. The zero-order valence-corrected chi connectivity index (χ0v) is 10.9. The van der Waals surface area contributed by atoms with Crippen molar-refractivity contribution in [2.75, 3.05) is 0 Å². The molecule has 100 valence electrons. The second-order valence-corrected chi connectivity index (χ2v) is 5.11. The molecule has 1 N–H and O–H groups in total. The third kappa shape index (κ3) is 2.81. The van der Waals surface area contributed by atoms with Crippen LogP contribution in [0.2, 0.25) is 0 Å². The number of rotatable bonds is 5. The van der Waals surface area contributed by atoms with E-state index in [1.807, 2.05) is 23.7 Å². The maximum Gasteiger partial charge on any atom is 0.146 e. The largest absolute Gasteiger partial charge is 0.320 e. The molecule has 1 heterocycles. The normalized spacial score (nSPS) is 16.5. The van der Waals surface area contributed by atoms with Crippen molar-refractivity contribution >= 4 is 0 Å². The predicted octanol–water partition coefficient (Wildman–Crippen LogP) is 2.20. The Balaban J connectivity index is 1.71. The van der Waals surface area contributed by atoms with Crippen LogP contribution in [0.5, 0.6) is 0 Å². The SMILES string of the molecule is Cn1cnnc1CNC(c1ccc(F)cc1)C1CC1. The molecule has 5 heteroatoms. The lowest BCUT2D eigenvalue weighted by Crippen LogP contribution is -2.24. The first-order chi connectivity index (χ1) is 9.24. The highest BCUT2D eigenvalue weighted by molar-refractivity contribution is 5.22. The summed E-state index contributed by atoms with van der Waals surface area (Å²) in [5, 5.41) is 11.4. The van der Waals surface area contributed by atoms with E-state index in [1.165, 1.54) is 25.0 Å². The van der Waals surface area contributed by atoms with Gasteiger partial charge in [-0.3, -0.25) is 0 Å². The average Bonchev–Trinajstić information content (AvgIpc) is 3.16. The standard InChI is InChI=1S/C14H17FN4/c1-19-9-17-18-13(19)8-16-14(10-2-3-10)11-4-6-12(15)7-5-11/h4-7,9-10,14,16H,2-3,8H2,1H3. The van der Waals surface area contributed by atoms with Crippen LogP contribution in [0.4, 0.5) is 4.39 Å². The van der Waals surface area contributed by atoms with E-state index in [1.54, 1.807) is 6.33 Å². The second-order valence-electron chi connectivity index (χ2n) is 5.11. The summed E-state index contributed by atoms with van der Waals surface area (Å²) >= 11 is 0. The summed E-state index contributed by atoms with van der Waals surface area (Å²) in [5.74, 6) is 1.37. The molecule has 1 atom stereocenters. The molecule has 0 saturated heterocycles. The van der Waals surface area contributed by atoms with Crippen LogP contribution in [0.15, 0.2) is 30.6 Å². The van der Waals surface area contributed by atoms with E-state index in [4.69, 9.17) is 0 Å². The molecule has 4 nitrogen and oxygen atoms in total. The minimum absolute atomic E-state index is 0.188. The maximum atomic E-state index is 13.0. The van der Waals surface area contributed by atoms with Gasteiger partial charge in [0.1, 0.15) is 18.0 Å². The minimum atomic E-state index is -0.188. The predicted molar refractivity (Wildman–Crippen MR) is 69.7 cm³/mol. The number of hydrogen-bond donors (Lipinski definition) is 1. The van der Waals surface area contributed by atoms with Crippen LogP contribution in [0.3, 0.4) is 0 Å². The fourth-order valence-electron chi connectivity index (χ4n) is 2.32. The van der Waals surface area contributed by atoms with Crippen LogP contribution >= 0.6 is 0 Å². The highest BCUT2D eigenvalue weighted by Gasteiger charge is 2.32. The topological polar surface area (TPSA) is 42.7 Å². The Morgan fingerprint density at radius 1 is 1.37 bits per heavy atom. The Bertz CT molecular complexity index is 545. The zero-order valence-electron chi connectivity index (χ0n) is 10.9. The average molecular weight is 260 g/mol. The van der Waals surface area contributed by atoms with Gasteiger partial charge in [-0.05, 0) is 36.5 Å². The Morgan fingerprint density at radius 2 is 2.11 bits per heavy atom. The Hall–Kier alpha value is -1.75. The molecule has 1 aromatic carbocycles. The number of aryl methyl sites for hydroxylation is 1. The molecule has 0 amide bonds. The lowest BCUT2D eigenvalue weighted by atomic mass is 10.0. The third-order valence-corrected chi connectivity index (χ3v) is 3.61. The molecule has 2 aromatic rings. The summed E-state index contributed by atoms with van der Waals surface area (Å²) in [7, 11) is 1.93. The van der Waals surface area contributed by atoms with E-state index in [0.29, 0.717) is 12.5 Å². The molecule has 1 saturated carbocycles. The first-order valence-electron chi connectivity index (χ1n) is 6.56. The van der Waals surface area contributed by atoms with E-state index >= 15 is 0 Å². The smallest absolute Gasteiger partial charge is 0.146 e. The van der Waals surface area contributed by atoms with Crippen molar-refractivity contribution in [2.45, 2.75) is 25.4 Å². The van der Waals surface area contributed by atoms with Gasteiger partial charge in [-0.25, -0.2) is 4.39 Å². The first kappa shape index (κ1) is 12.3. The molecular weight excluding hydrogens is 243 g/mol. The number of nitrogens with zero attached hydrogens (tertiary/aromatic N) is 3. The molecule has 1 aliphatic rings. The molecule has 1 aromatic heterocycles. The summed E-state index contributed by atoms with van der Waals surface area (Å²) in [4.78, 5) is 0. The fourth-order valence-corrected chi connectivity index (χ4v) is 2.32. The summed E-state index contributed by atoms with van der Waals surface area (Å²) in [6, 6.07) is 7.05.